The molecular weight excluding hydrogens is 448 g/mol. The zero-order valence-electron chi connectivity index (χ0n) is 18.5. The minimum Gasteiger partial charge on any atom is -0.368 e. The first kappa shape index (κ1) is 22.9. The lowest BCUT2D eigenvalue weighted by Gasteiger charge is -2.28. The molecule has 0 aliphatic carbocycles. The van der Waals surface area contributed by atoms with E-state index in [1.165, 1.54) is 0 Å². The second-order valence-corrected chi connectivity index (χ2v) is 10.9. The molecule has 3 fully saturated rings. The van der Waals surface area contributed by atoms with Crippen LogP contribution < -0.4 is 0 Å². The second kappa shape index (κ2) is 9.07. The molecule has 33 heavy (non-hydrogen) atoms. The van der Waals surface area contributed by atoms with Crippen molar-refractivity contribution in [2.45, 2.75) is 68.1 Å². The standard InChI is InChI=1S/C24H28O8S/c1-24(2)31-22-21(28-13-16-9-5-3-6-10-16)20(30-23(22)32-24)18-14-27-19(29-18)15-33(25,26)17-11-7-4-8-12-17/h3-12,18-23H,13-15H2,1-2H3/t18-,19+,20-,21+,22-,23-/m1/s1. The molecule has 8 nitrogen and oxygen atoms in total. The van der Waals surface area contributed by atoms with E-state index < -0.39 is 52.6 Å². The molecule has 3 saturated heterocycles. The van der Waals surface area contributed by atoms with Gasteiger partial charge in [0.25, 0.3) is 0 Å². The van der Waals surface area contributed by atoms with E-state index in [1.54, 1.807) is 30.3 Å². The number of sulfone groups is 1. The fourth-order valence-corrected chi connectivity index (χ4v) is 5.70. The molecule has 6 atom stereocenters. The van der Waals surface area contributed by atoms with Gasteiger partial charge in [-0.3, -0.25) is 0 Å². The lowest BCUT2D eigenvalue weighted by molar-refractivity contribution is -0.231. The van der Waals surface area contributed by atoms with Gasteiger partial charge in [-0.25, -0.2) is 8.42 Å². The Balaban J connectivity index is 1.27. The molecule has 2 aromatic carbocycles. The molecule has 3 heterocycles. The Kier molecular flexibility index (Phi) is 6.30. The zero-order valence-corrected chi connectivity index (χ0v) is 19.3. The van der Waals surface area contributed by atoms with E-state index in [0.717, 1.165) is 5.56 Å². The molecule has 0 amide bonds. The third-order valence-corrected chi connectivity index (χ3v) is 7.61. The van der Waals surface area contributed by atoms with E-state index >= 15 is 0 Å². The molecule has 2 aromatic rings. The van der Waals surface area contributed by atoms with E-state index in [-0.39, 0.29) is 17.3 Å². The molecular formula is C24H28O8S. The molecule has 0 N–H and O–H groups in total. The van der Waals surface area contributed by atoms with Crippen LogP contribution in [0.15, 0.2) is 65.6 Å². The van der Waals surface area contributed by atoms with Crippen LogP contribution in [0.25, 0.3) is 0 Å². The predicted octanol–water partition coefficient (Wildman–Crippen LogP) is 2.66. The highest BCUT2D eigenvalue weighted by molar-refractivity contribution is 7.91. The number of ether oxygens (including phenoxy) is 6. The summed E-state index contributed by atoms with van der Waals surface area (Å²) in [6.45, 7) is 4.22. The van der Waals surface area contributed by atoms with Gasteiger partial charge in [0, 0.05) is 0 Å². The second-order valence-electron chi connectivity index (χ2n) is 8.86. The maximum atomic E-state index is 12.7. The van der Waals surface area contributed by atoms with Crippen LogP contribution in [0.5, 0.6) is 0 Å². The van der Waals surface area contributed by atoms with Gasteiger partial charge in [0.2, 0.25) is 0 Å². The highest BCUT2D eigenvalue weighted by atomic mass is 32.2. The lowest BCUT2D eigenvalue weighted by atomic mass is 10.1. The van der Waals surface area contributed by atoms with Crippen LogP contribution >= 0.6 is 0 Å². The molecule has 3 aliphatic heterocycles. The van der Waals surface area contributed by atoms with E-state index in [4.69, 9.17) is 28.4 Å². The van der Waals surface area contributed by atoms with Crippen molar-refractivity contribution >= 4 is 9.84 Å². The minimum absolute atomic E-state index is 0.188. The largest absolute Gasteiger partial charge is 0.368 e. The minimum atomic E-state index is -3.55. The molecule has 5 rings (SSSR count). The Bertz CT molecular complexity index is 1040. The summed E-state index contributed by atoms with van der Waals surface area (Å²) in [6, 6.07) is 18.1. The highest BCUT2D eigenvalue weighted by Gasteiger charge is 2.58. The first-order valence-corrected chi connectivity index (χ1v) is 12.7. The number of hydrogen-bond acceptors (Lipinski definition) is 8. The number of hydrogen-bond donors (Lipinski definition) is 0. The molecule has 0 bridgehead atoms. The van der Waals surface area contributed by atoms with Gasteiger partial charge in [-0.1, -0.05) is 48.5 Å². The Morgan fingerprint density at radius 2 is 1.64 bits per heavy atom. The van der Waals surface area contributed by atoms with E-state index in [0.29, 0.717) is 6.61 Å². The molecule has 3 aliphatic rings. The number of benzene rings is 2. The molecule has 9 heteroatoms. The lowest BCUT2D eigenvalue weighted by Crippen LogP contribution is -2.43. The maximum Gasteiger partial charge on any atom is 0.190 e. The summed E-state index contributed by atoms with van der Waals surface area (Å²) in [5.41, 5.74) is 1.02. The van der Waals surface area contributed by atoms with Gasteiger partial charge in [-0.15, -0.1) is 0 Å². The van der Waals surface area contributed by atoms with E-state index in [1.807, 2.05) is 44.2 Å². The van der Waals surface area contributed by atoms with Crippen LogP contribution in [-0.2, 0) is 44.9 Å². The van der Waals surface area contributed by atoms with Crippen LogP contribution in [0.2, 0.25) is 0 Å². The van der Waals surface area contributed by atoms with Gasteiger partial charge in [-0.2, -0.15) is 0 Å². The summed E-state index contributed by atoms with van der Waals surface area (Å²) in [4.78, 5) is 0.236. The van der Waals surface area contributed by atoms with Gasteiger partial charge >= 0.3 is 0 Å². The van der Waals surface area contributed by atoms with Crippen molar-refractivity contribution in [3.63, 3.8) is 0 Å². The molecule has 0 saturated carbocycles. The van der Waals surface area contributed by atoms with E-state index in [9.17, 15) is 8.42 Å². The Morgan fingerprint density at radius 1 is 0.939 bits per heavy atom. The first-order valence-electron chi connectivity index (χ1n) is 11.0. The quantitative estimate of drug-likeness (QED) is 0.603. The van der Waals surface area contributed by atoms with Gasteiger partial charge in [0.1, 0.15) is 30.2 Å². The van der Waals surface area contributed by atoms with Crippen molar-refractivity contribution in [3.05, 3.63) is 66.2 Å². The summed E-state index contributed by atoms with van der Waals surface area (Å²) in [7, 11) is -3.55. The smallest absolute Gasteiger partial charge is 0.190 e. The molecule has 0 unspecified atom stereocenters. The Morgan fingerprint density at radius 3 is 2.36 bits per heavy atom. The Hall–Kier alpha value is -1.85. The normalized spacial score (nSPS) is 33.3. The van der Waals surface area contributed by atoms with Crippen LogP contribution in [0.1, 0.15) is 19.4 Å². The topological polar surface area (TPSA) is 89.5 Å². The summed E-state index contributed by atoms with van der Waals surface area (Å²) in [5.74, 6) is -1.06. The number of rotatable bonds is 7. The fourth-order valence-electron chi connectivity index (χ4n) is 4.40. The van der Waals surface area contributed by atoms with Crippen molar-refractivity contribution in [1.29, 1.82) is 0 Å². The highest BCUT2D eigenvalue weighted by Crippen LogP contribution is 2.41. The maximum absolute atomic E-state index is 12.7. The van der Waals surface area contributed by atoms with Crippen LogP contribution in [0.3, 0.4) is 0 Å². The van der Waals surface area contributed by atoms with Crippen molar-refractivity contribution < 1.29 is 36.8 Å². The molecule has 0 aromatic heterocycles. The molecule has 178 valence electrons. The van der Waals surface area contributed by atoms with Crippen LogP contribution in [-0.4, -0.2) is 63.6 Å². The fraction of sp³-hybridized carbons (Fsp3) is 0.500. The van der Waals surface area contributed by atoms with Crippen molar-refractivity contribution in [2.24, 2.45) is 0 Å². The Labute approximate surface area is 193 Å². The summed E-state index contributed by atoms with van der Waals surface area (Å²) < 4.78 is 61.4. The average molecular weight is 477 g/mol. The number of fused-ring (bicyclic) bond motifs is 1. The van der Waals surface area contributed by atoms with Crippen molar-refractivity contribution in [2.75, 3.05) is 12.4 Å². The van der Waals surface area contributed by atoms with Gasteiger partial charge in [0.15, 0.2) is 28.2 Å². The summed E-state index contributed by atoms with van der Waals surface area (Å²) >= 11 is 0. The third kappa shape index (κ3) is 5.00. The van der Waals surface area contributed by atoms with Crippen LogP contribution in [0.4, 0.5) is 0 Å². The SMILES string of the molecule is CC1(C)O[C@H]2O[C@H]([C@H]3CO[C@H](CS(=O)(=O)c4ccccc4)O3)[C@H](OCc3ccccc3)[C@H]2O1. The van der Waals surface area contributed by atoms with Crippen molar-refractivity contribution in [3.8, 4) is 0 Å². The summed E-state index contributed by atoms with van der Waals surface area (Å²) in [6.07, 6.45) is -3.41. The molecule has 0 spiro atoms. The third-order valence-electron chi connectivity index (χ3n) is 5.91. The van der Waals surface area contributed by atoms with Crippen LogP contribution in [0, 0.1) is 0 Å². The van der Waals surface area contributed by atoms with Gasteiger partial charge in [0.05, 0.1) is 18.1 Å². The predicted molar refractivity (Wildman–Crippen MR) is 117 cm³/mol. The monoisotopic (exact) mass is 476 g/mol. The average Bonchev–Trinajstić information content (AvgIpc) is 3.45. The summed E-state index contributed by atoms with van der Waals surface area (Å²) in [5, 5.41) is 0. The van der Waals surface area contributed by atoms with Gasteiger partial charge < -0.3 is 28.4 Å². The van der Waals surface area contributed by atoms with Crippen molar-refractivity contribution in [1.82, 2.24) is 0 Å². The van der Waals surface area contributed by atoms with Gasteiger partial charge in [-0.05, 0) is 31.5 Å². The van der Waals surface area contributed by atoms with E-state index in [2.05, 4.69) is 0 Å². The first-order chi connectivity index (χ1) is 15.8. The zero-order chi connectivity index (χ0) is 23.1. The molecule has 0 radical (unpaired) electrons.